The number of hydrogen-bond acceptors (Lipinski definition) is 1. The number of nitrogens with two attached hydrogens (primary N) is 1. The molecule has 0 saturated heterocycles. The molecule has 0 fully saturated rings. The molecule has 2 rings (SSSR count). The molecule has 0 spiro atoms. The van der Waals surface area contributed by atoms with Gasteiger partial charge in [-0.25, -0.2) is 4.39 Å². The van der Waals surface area contributed by atoms with Crippen molar-refractivity contribution in [1.82, 2.24) is 0 Å². The summed E-state index contributed by atoms with van der Waals surface area (Å²) in [6, 6.07) is 11.6. The van der Waals surface area contributed by atoms with Crippen LogP contribution in [0.1, 0.15) is 17.2 Å². The van der Waals surface area contributed by atoms with Gasteiger partial charge in [-0.05, 0) is 23.3 Å². The lowest BCUT2D eigenvalue weighted by Crippen LogP contribution is -2.12. The van der Waals surface area contributed by atoms with Gasteiger partial charge in [-0.2, -0.15) is 0 Å². The van der Waals surface area contributed by atoms with Gasteiger partial charge in [-0.1, -0.05) is 53.5 Å². The van der Waals surface area contributed by atoms with Crippen LogP contribution in [0, 0.1) is 5.82 Å². The summed E-state index contributed by atoms with van der Waals surface area (Å²) in [5, 5.41) is 0.367. The molecule has 4 heteroatoms. The fraction of sp³-hybridized carbons (Fsp3) is 0.0769. The Hall–Kier alpha value is -1.09. The SMILES string of the molecule is NC(c1ccccc1)c1cc(F)c(Cl)cc1Cl. The van der Waals surface area contributed by atoms with Gasteiger partial charge in [-0.15, -0.1) is 0 Å². The quantitative estimate of drug-likeness (QED) is 0.814. The lowest BCUT2D eigenvalue weighted by molar-refractivity contribution is 0.624. The standard InChI is InChI=1S/C13H10Cl2FN/c14-10-7-11(15)12(16)6-9(10)13(17)8-4-2-1-3-5-8/h1-7,13H,17H2. The molecular weight excluding hydrogens is 260 g/mol. The molecule has 17 heavy (non-hydrogen) atoms. The molecule has 1 nitrogen and oxygen atoms in total. The zero-order chi connectivity index (χ0) is 12.4. The highest BCUT2D eigenvalue weighted by atomic mass is 35.5. The van der Waals surface area contributed by atoms with Crippen LogP contribution < -0.4 is 5.73 Å². The van der Waals surface area contributed by atoms with Crippen molar-refractivity contribution in [3.05, 3.63) is 69.5 Å². The van der Waals surface area contributed by atoms with Crippen LogP contribution in [0.5, 0.6) is 0 Å². The molecule has 2 N–H and O–H groups in total. The third-order valence-corrected chi connectivity index (χ3v) is 3.15. The maximum atomic E-state index is 13.4. The van der Waals surface area contributed by atoms with Crippen LogP contribution in [0.15, 0.2) is 42.5 Å². The molecule has 88 valence electrons. The molecule has 0 heterocycles. The minimum atomic E-state index is -0.516. The van der Waals surface area contributed by atoms with Crippen molar-refractivity contribution in [2.75, 3.05) is 0 Å². The Morgan fingerprint density at radius 1 is 1.00 bits per heavy atom. The van der Waals surface area contributed by atoms with Crippen molar-refractivity contribution in [2.45, 2.75) is 6.04 Å². The fourth-order valence-electron chi connectivity index (χ4n) is 1.62. The Labute approximate surface area is 109 Å². The first-order valence-corrected chi connectivity index (χ1v) is 5.80. The van der Waals surface area contributed by atoms with Crippen LogP contribution in [-0.4, -0.2) is 0 Å². The van der Waals surface area contributed by atoms with Crippen LogP contribution in [0.4, 0.5) is 4.39 Å². The minimum absolute atomic E-state index is 0.000915. The summed E-state index contributed by atoms with van der Waals surface area (Å²) in [6.45, 7) is 0. The van der Waals surface area contributed by atoms with E-state index >= 15 is 0 Å². The van der Waals surface area contributed by atoms with Crippen molar-refractivity contribution in [3.63, 3.8) is 0 Å². The Kier molecular flexibility index (Phi) is 3.67. The van der Waals surface area contributed by atoms with E-state index in [2.05, 4.69) is 0 Å². The van der Waals surface area contributed by atoms with Crippen LogP contribution >= 0.6 is 23.2 Å². The first-order chi connectivity index (χ1) is 8.09. The lowest BCUT2D eigenvalue weighted by Gasteiger charge is -2.14. The Bertz CT molecular complexity index is 528. The highest BCUT2D eigenvalue weighted by Crippen LogP contribution is 2.30. The van der Waals surface area contributed by atoms with Crippen LogP contribution in [-0.2, 0) is 0 Å². The maximum Gasteiger partial charge on any atom is 0.142 e. The molecule has 0 amide bonds. The molecule has 0 aliphatic carbocycles. The maximum absolute atomic E-state index is 13.4. The van der Waals surface area contributed by atoms with Crippen LogP contribution in [0.25, 0.3) is 0 Å². The number of hydrogen-bond donors (Lipinski definition) is 1. The van der Waals surface area contributed by atoms with Gasteiger partial charge in [0, 0.05) is 5.02 Å². The van der Waals surface area contributed by atoms with E-state index in [1.54, 1.807) is 0 Å². The van der Waals surface area contributed by atoms with E-state index in [-0.39, 0.29) is 5.02 Å². The molecule has 1 atom stereocenters. The summed E-state index contributed by atoms with van der Waals surface area (Å²) in [5.74, 6) is -0.516. The number of halogens is 3. The van der Waals surface area contributed by atoms with Crippen molar-refractivity contribution in [3.8, 4) is 0 Å². The highest BCUT2D eigenvalue weighted by molar-refractivity contribution is 6.35. The second-order valence-electron chi connectivity index (χ2n) is 3.68. The number of benzene rings is 2. The fourth-order valence-corrected chi connectivity index (χ4v) is 2.12. The average Bonchev–Trinajstić information content (AvgIpc) is 2.34. The Morgan fingerprint density at radius 2 is 1.65 bits per heavy atom. The second-order valence-corrected chi connectivity index (χ2v) is 4.49. The summed E-state index contributed by atoms with van der Waals surface area (Å²) in [4.78, 5) is 0. The normalized spacial score (nSPS) is 12.5. The van der Waals surface area contributed by atoms with E-state index in [0.29, 0.717) is 10.6 Å². The zero-order valence-electron chi connectivity index (χ0n) is 8.83. The largest absolute Gasteiger partial charge is 0.320 e. The zero-order valence-corrected chi connectivity index (χ0v) is 10.3. The summed E-state index contributed by atoms with van der Waals surface area (Å²) in [5.41, 5.74) is 7.44. The minimum Gasteiger partial charge on any atom is -0.320 e. The van der Waals surface area contributed by atoms with E-state index in [4.69, 9.17) is 28.9 Å². The molecular formula is C13H10Cl2FN. The molecule has 2 aromatic rings. The van der Waals surface area contributed by atoms with Crippen LogP contribution in [0.2, 0.25) is 10.0 Å². The first-order valence-electron chi connectivity index (χ1n) is 5.04. The van der Waals surface area contributed by atoms with E-state index in [9.17, 15) is 4.39 Å². The summed E-state index contributed by atoms with van der Waals surface area (Å²) >= 11 is 11.7. The highest BCUT2D eigenvalue weighted by Gasteiger charge is 2.15. The molecule has 2 aromatic carbocycles. The third kappa shape index (κ3) is 2.60. The van der Waals surface area contributed by atoms with Gasteiger partial charge in [-0.3, -0.25) is 0 Å². The van der Waals surface area contributed by atoms with E-state index in [1.807, 2.05) is 30.3 Å². The van der Waals surface area contributed by atoms with Crippen molar-refractivity contribution in [2.24, 2.45) is 5.73 Å². The summed E-state index contributed by atoms with van der Waals surface area (Å²) in [6.07, 6.45) is 0. The molecule has 0 radical (unpaired) electrons. The average molecular weight is 270 g/mol. The van der Waals surface area contributed by atoms with Gasteiger partial charge in [0.05, 0.1) is 11.1 Å². The van der Waals surface area contributed by atoms with Gasteiger partial charge in [0.25, 0.3) is 0 Å². The molecule has 0 aliphatic heterocycles. The van der Waals surface area contributed by atoms with Gasteiger partial charge in [0.2, 0.25) is 0 Å². The topological polar surface area (TPSA) is 26.0 Å². The predicted molar refractivity (Wildman–Crippen MR) is 68.9 cm³/mol. The lowest BCUT2D eigenvalue weighted by atomic mass is 9.99. The van der Waals surface area contributed by atoms with Crippen molar-refractivity contribution in [1.29, 1.82) is 0 Å². The monoisotopic (exact) mass is 269 g/mol. The Morgan fingerprint density at radius 3 is 2.29 bits per heavy atom. The first kappa shape index (κ1) is 12.4. The smallest absolute Gasteiger partial charge is 0.142 e. The van der Waals surface area contributed by atoms with E-state index in [1.165, 1.54) is 12.1 Å². The molecule has 1 unspecified atom stereocenters. The van der Waals surface area contributed by atoms with Crippen LogP contribution in [0.3, 0.4) is 0 Å². The molecule has 0 saturated carbocycles. The molecule has 0 bridgehead atoms. The molecule has 0 aliphatic rings. The number of rotatable bonds is 2. The van der Waals surface area contributed by atoms with Gasteiger partial charge in [0.15, 0.2) is 0 Å². The van der Waals surface area contributed by atoms with Gasteiger partial charge < -0.3 is 5.73 Å². The predicted octanol–water partition coefficient (Wildman–Crippen LogP) is 4.18. The van der Waals surface area contributed by atoms with Gasteiger partial charge in [0.1, 0.15) is 5.82 Å². The third-order valence-electron chi connectivity index (χ3n) is 2.53. The Balaban J connectivity index is 2.44. The van der Waals surface area contributed by atoms with Crippen molar-refractivity contribution >= 4 is 23.2 Å². The van der Waals surface area contributed by atoms with Crippen molar-refractivity contribution < 1.29 is 4.39 Å². The second kappa shape index (κ2) is 5.05. The summed E-state index contributed by atoms with van der Waals surface area (Å²) < 4.78 is 13.4. The van der Waals surface area contributed by atoms with E-state index < -0.39 is 11.9 Å². The van der Waals surface area contributed by atoms with Gasteiger partial charge >= 0.3 is 0 Å². The summed E-state index contributed by atoms with van der Waals surface area (Å²) in [7, 11) is 0. The molecule has 0 aromatic heterocycles. The van der Waals surface area contributed by atoms with E-state index in [0.717, 1.165) is 5.56 Å².